The molecular weight excluding hydrogens is 502 g/mol. The van der Waals surface area contributed by atoms with E-state index in [4.69, 9.17) is 13.9 Å². The third kappa shape index (κ3) is 8.93. The molecule has 0 saturated carbocycles. The fourth-order valence-corrected chi connectivity index (χ4v) is 5.43. The third-order valence-corrected chi connectivity index (χ3v) is 7.72. The molecule has 1 aromatic heterocycles. The van der Waals surface area contributed by atoms with E-state index in [9.17, 15) is 0 Å². The van der Waals surface area contributed by atoms with Crippen LogP contribution in [0.2, 0.25) is 0 Å². The molecule has 2 aliphatic rings. The second kappa shape index (κ2) is 15.4. The third-order valence-electron chi connectivity index (χ3n) is 7.72. The summed E-state index contributed by atoms with van der Waals surface area (Å²) in [6, 6.07) is 14.6. The zero-order valence-electron chi connectivity index (χ0n) is 25.2. The molecule has 0 radical (unpaired) electrons. The second-order valence-corrected chi connectivity index (χ2v) is 11.5. The predicted octanol–water partition coefficient (Wildman–Crippen LogP) is 4.85. The molecule has 40 heavy (non-hydrogen) atoms. The molecule has 0 unspecified atom stereocenters. The summed E-state index contributed by atoms with van der Waals surface area (Å²) < 4.78 is 18.0. The normalized spacial score (nSPS) is 19.8. The minimum atomic E-state index is 0.617. The SMILES string of the molecule is CNC.C[C@@H]1CCN(CCCOc2ccc3nc(-c4ccc(OCCCN5CC[C@@H](N(C)C)C5)cc4)oc3c2)C1. The highest BCUT2D eigenvalue weighted by atomic mass is 16.5. The predicted molar refractivity (Wildman–Crippen MR) is 163 cm³/mol. The Morgan fingerprint density at radius 3 is 2.15 bits per heavy atom. The van der Waals surface area contributed by atoms with Crippen molar-refractivity contribution in [1.82, 2.24) is 25.0 Å². The van der Waals surface area contributed by atoms with Gasteiger partial charge in [-0.25, -0.2) is 4.98 Å². The van der Waals surface area contributed by atoms with E-state index in [-0.39, 0.29) is 0 Å². The van der Waals surface area contributed by atoms with Crippen molar-refractivity contribution in [2.24, 2.45) is 5.92 Å². The number of oxazole rings is 1. The molecule has 3 aromatic rings. The summed E-state index contributed by atoms with van der Waals surface area (Å²) in [7, 11) is 8.09. The van der Waals surface area contributed by atoms with Crippen molar-refractivity contribution in [3.05, 3.63) is 42.5 Å². The number of likely N-dealkylation sites (N-methyl/N-ethyl adjacent to an activating group) is 1. The van der Waals surface area contributed by atoms with Crippen LogP contribution in [0.1, 0.15) is 32.6 Å². The van der Waals surface area contributed by atoms with Crippen molar-refractivity contribution >= 4 is 11.1 Å². The number of aromatic nitrogens is 1. The van der Waals surface area contributed by atoms with Crippen molar-refractivity contribution in [2.45, 2.75) is 38.6 Å². The minimum absolute atomic E-state index is 0.617. The summed E-state index contributed by atoms with van der Waals surface area (Å²) in [4.78, 5) is 12.1. The first kappa shape index (κ1) is 30.3. The van der Waals surface area contributed by atoms with Gasteiger partial charge in [0.25, 0.3) is 0 Å². The standard InChI is InChI=1S/C30H42N4O3.C2H7N/c1-23-12-16-33(21-23)14-4-19-36-27-10-11-28-29(20-27)37-30(31-28)24-6-8-26(9-7-24)35-18-5-15-34-17-13-25(22-34)32(2)3;1-3-2/h6-11,20,23,25H,4-5,12-19,21-22H2,1-3H3;3H,1-2H3/t23-,25-;/m1./s1. The van der Waals surface area contributed by atoms with Crippen molar-refractivity contribution in [2.75, 3.05) is 80.7 Å². The van der Waals surface area contributed by atoms with Gasteiger partial charge in [0.1, 0.15) is 17.0 Å². The number of ether oxygens (including phenoxy) is 2. The van der Waals surface area contributed by atoms with Gasteiger partial charge in [0.05, 0.1) is 13.2 Å². The van der Waals surface area contributed by atoms with Crippen molar-refractivity contribution in [3.63, 3.8) is 0 Å². The van der Waals surface area contributed by atoms with Crippen LogP contribution in [0.15, 0.2) is 46.9 Å². The highest BCUT2D eigenvalue weighted by Crippen LogP contribution is 2.28. The maximum Gasteiger partial charge on any atom is 0.227 e. The van der Waals surface area contributed by atoms with Gasteiger partial charge in [-0.15, -0.1) is 0 Å². The van der Waals surface area contributed by atoms with Gasteiger partial charge in [-0.1, -0.05) is 6.92 Å². The van der Waals surface area contributed by atoms with Crippen LogP contribution in [-0.4, -0.2) is 106 Å². The van der Waals surface area contributed by atoms with Crippen molar-refractivity contribution in [1.29, 1.82) is 0 Å². The number of benzene rings is 2. The van der Waals surface area contributed by atoms with Crippen LogP contribution < -0.4 is 14.8 Å². The highest BCUT2D eigenvalue weighted by Gasteiger charge is 2.23. The van der Waals surface area contributed by atoms with Crippen molar-refractivity contribution in [3.8, 4) is 23.0 Å². The van der Waals surface area contributed by atoms with Gasteiger partial charge in [-0.3, -0.25) is 0 Å². The molecule has 2 fully saturated rings. The lowest BCUT2D eigenvalue weighted by molar-refractivity contribution is 0.242. The maximum absolute atomic E-state index is 6.07. The summed E-state index contributed by atoms with van der Waals surface area (Å²) in [6.45, 7) is 10.8. The first-order valence-electron chi connectivity index (χ1n) is 14.9. The van der Waals surface area contributed by atoms with E-state index >= 15 is 0 Å². The van der Waals surface area contributed by atoms with Crippen LogP contribution in [0, 0.1) is 5.92 Å². The monoisotopic (exact) mass is 551 g/mol. The van der Waals surface area contributed by atoms with Gasteiger partial charge in [0, 0.05) is 43.9 Å². The van der Waals surface area contributed by atoms with E-state index in [2.05, 4.69) is 46.0 Å². The fraction of sp³-hybridized carbons (Fsp3) is 0.594. The largest absolute Gasteiger partial charge is 0.494 e. The van der Waals surface area contributed by atoms with Gasteiger partial charge in [0.2, 0.25) is 5.89 Å². The molecule has 0 bridgehead atoms. The molecule has 5 rings (SSSR count). The molecule has 2 atom stereocenters. The van der Waals surface area contributed by atoms with E-state index in [1.807, 2.05) is 56.6 Å². The fourth-order valence-electron chi connectivity index (χ4n) is 5.43. The molecule has 0 spiro atoms. The number of hydrogen-bond acceptors (Lipinski definition) is 8. The molecule has 0 aliphatic carbocycles. The van der Waals surface area contributed by atoms with Crippen molar-refractivity contribution < 1.29 is 13.9 Å². The Balaban J connectivity index is 0.00000118. The Hall–Kier alpha value is -2.65. The lowest BCUT2D eigenvalue weighted by Gasteiger charge is -2.20. The first-order chi connectivity index (χ1) is 19.4. The topological polar surface area (TPSA) is 66.2 Å². The van der Waals surface area contributed by atoms with Crippen LogP contribution in [-0.2, 0) is 0 Å². The molecule has 2 saturated heterocycles. The van der Waals surface area contributed by atoms with Gasteiger partial charge >= 0.3 is 0 Å². The summed E-state index contributed by atoms with van der Waals surface area (Å²) in [6.07, 6.45) is 4.65. The first-order valence-corrected chi connectivity index (χ1v) is 14.9. The van der Waals surface area contributed by atoms with Crippen LogP contribution in [0.5, 0.6) is 11.5 Å². The summed E-state index contributed by atoms with van der Waals surface area (Å²) in [5, 5.41) is 2.75. The number of rotatable bonds is 12. The molecule has 0 amide bonds. The van der Waals surface area contributed by atoms with Crippen LogP contribution in [0.4, 0.5) is 0 Å². The summed E-state index contributed by atoms with van der Waals surface area (Å²) in [5.41, 5.74) is 2.53. The van der Waals surface area contributed by atoms with E-state index in [1.54, 1.807) is 0 Å². The molecule has 2 aromatic carbocycles. The highest BCUT2D eigenvalue weighted by molar-refractivity contribution is 5.77. The van der Waals surface area contributed by atoms with Gasteiger partial charge in [-0.05, 0) is 109 Å². The van der Waals surface area contributed by atoms with Gasteiger partial charge in [-0.2, -0.15) is 0 Å². The summed E-state index contributed by atoms with van der Waals surface area (Å²) in [5.74, 6) is 3.16. The number of likely N-dealkylation sites (tertiary alicyclic amines) is 2. The number of fused-ring (bicyclic) bond motifs is 1. The maximum atomic E-state index is 6.07. The minimum Gasteiger partial charge on any atom is -0.494 e. The van der Waals surface area contributed by atoms with Crippen LogP contribution in [0.3, 0.4) is 0 Å². The number of nitrogens with one attached hydrogen (secondary N) is 1. The Bertz CT molecular complexity index is 1150. The lowest BCUT2D eigenvalue weighted by Crippen LogP contribution is -2.32. The molecule has 1 N–H and O–H groups in total. The van der Waals surface area contributed by atoms with E-state index in [0.717, 1.165) is 73.2 Å². The zero-order valence-corrected chi connectivity index (χ0v) is 25.2. The van der Waals surface area contributed by atoms with Crippen LogP contribution in [0.25, 0.3) is 22.6 Å². The average molecular weight is 552 g/mol. The Labute approximate surface area is 240 Å². The Kier molecular flexibility index (Phi) is 11.7. The molecular formula is C32H49N5O3. The van der Waals surface area contributed by atoms with E-state index in [1.165, 1.54) is 32.5 Å². The smallest absolute Gasteiger partial charge is 0.227 e. The molecule has 8 nitrogen and oxygen atoms in total. The summed E-state index contributed by atoms with van der Waals surface area (Å²) >= 11 is 0. The molecule has 220 valence electrons. The number of nitrogens with zero attached hydrogens (tertiary/aromatic N) is 4. The Morgan fingerprint density at radius 2 is 1.52 bits per heavy atom. The molecule has 2 aliphatic heterocycles. The van der Waals surface area contributed by atoms with E-state index in [0.29, 0.717) is 18.5 Å². The van der Waals surface area contributed by atoms with Crippen LogP contribution >= 0.6 is 0 Å². The number of hydrogen-bond donors (Lipinski definition) is 1. The quantitative estimate of drug-likeness (QED) is 0.321. The molecule has 8 heteroatoms. The average Bonchev–Trinajstić information content (AvgIpc) is 3.69. The second-order valence-electron chi connectivity index (χ2n) is 11.5. The van der Waals surface area contributed by atoms with Gasteiger partial charge in [0.15, 0.2) is 5.58 Å². The molecule has 3 heterocycles. The van der Waals surface area contributed by atoms with E-state index < -0.39 is 0 Å². The lowest BCUT2D eigenvalue weighted by atomic mass is 10.2. The van der Waals surface area contributed by atoms with Gasteiger partial charge < -0.3 is 33.9 Å². The zero-order chi connectivity index (χ0) is 28.3. The Morgan fingerprint density at radius 1 is 0.900 bits per heavy atom.